The van der Waals surface area contributed by atoms with E-state index in [1.54, 1.807) is 0 Å². The van der Waals surface area contributed by atoms with Crippen molar-refractivity contribution < 1.29 is 4.79 Å². The molecule has 0 fully saturated rings. The fourth-order valence-electron chi connectivity index (χ4n) is 1.97. The zero-order valence-corrected chi connectivity index (χ0v) is 13.7. The molecule has 0 atom stereocenters. The van der Waals surface area contributed by atoms with Crippen LogP contribution in [-0.4, -0.2) is 17.4 Å². The number of benzene rings is 1. The lowest BCUT2D eigenvalue weighted by atomic mass is 10.1. The molecule has 0 saturated heterocycles. The van der Waals surface area contributed by atoms with Gasteiger partial charge in [0.2, 0.25) is 0 Å². The average Bonchev–Trinajstić information content (AvgIpc) is 2.86. The van der Waals surface area contributed by atoms with Gasteiger partial charge in [-0.25, -0.2) is 0 Å². The summed E-state index contributed by atoms with van der Waals surface area (Å²) in [6.07, 6.45) is 0.937. The van der Waals surface area contributed by atoms with Crippen LogP contribution in [0.2, 0.25) is 0 Å². The topological polar surface area (TPSA) is 46.3 Å². The minimum Gasteiger partial charge on any atom is -0.399 e. The molecule has 0 spiro atoms. The van der Waals surface area contributed by atoms with Crippen LogP contribution in [0.5, 0.6) is 0 Å². The van der Waals surface area contributed by atoms with Crippen LogP contribution in [0, 0.1) is 0 Å². The van der Waals surface area contributed by atoms with E-state index in [0.717, 1.165) is 33.6 Å². The molecular formula is C15H17BrN2OS. The molecule has 2 aromatic rings. The third kappa shape index (κ3) is 3.84. The molecule has 20 heavy (non-hydrogen) atoms. The van der Waals surface area contributed by atoms with Crippen molar-refractivity contribution in [3.63, 3.8) is 0 Å². The first kappa shape index (κ1) is 15.1. The fraction of sp³-hybridized carbons (Fsp3) is 0.267. The van der Waals surface area contributed by atoms with Gasteiger partial charge in [-0.05, 0) is 46.1 Å². The Bertz CT molecular complexity index is 580. The minimum atomic E-state index is 0.0747. The number of nitrogen functional groups attached to an aromatic ring is 1. The summed E-state index contributed by atoms with van der Waals surface area (Å²) in [6, 6.07) is 9.54. The van der Waals surface area contributed by atoms with Gasteiger partial charge in [-0.15, -0.1) is 11.3 Å². The van der Waals surface area contributed by atoms with Crippen molar-refractivity contribution in [1.82, 2.24) is 4.90 Å². The minimum absolute atomic E-state index is 0.0747. The molecule has 3 nitrogen and oxygen atoms in total. The van der Waals surface area contributed by atoms with Crippen molar-refractivity contribution in [1.29, 1.82) is 0 Å². The van der Waals surface area contributed by atoms with Crippen LogP contribution in [0.1, 0.15) is 29.3 Å². The summed E-state index contributed by atoms with van der Waals surface area (Å²) in [5.41, 5.74) is 8.26. The highest BCUT2D eigenvalue weighted by atomic mass is 79.9. The van der Waals surface area contributed by atoms with Crippen molar-refractivity contribution in [2.45, 2.75) is 19.9 Å². The molecule has 5 heteroatoms. The van der Waals surface area contributed by atoms with E-state index >= 15 is 0 Å². The van der Waals surface area contributed by atoms with Crippen molar-refractivity contribution in [3.05, 3.63) is 50.6 Å². The summed E-state index contributed by atoms with van der Waals surface area (Å²) < 4.78 is 0.977. The smallest absolute Gasteiger partial charge is 0.255 e. The molecule has 2 N–H and O–H groups in total. The SMILES string of the molecule is CCCN(Cc1ccc(N)cc1)C(=O)c1csc(Br)c1. The van der Waals surface area contributed by atoms with E-state index < -0.39 is 0 Å². The summed E-state index contributed by atoms with van der Waals surface area (Å²) in [6.45, 7) is 3.43. The quantitative estimate of drug-likeness (QED) is 0.821. The van der Waals surface area contributed by atoms with Crippen LogP contribution in [0.15, 0.2) is 39.5 Å². The van der Waals surface area contributed by atoms with Gasteiger partial charge in [0.15, 0.2) is 0 Å². The number of nitrogens with zero attached hydrogens (tertiary/aromatic N) is 1. The molecule has 0 saturated carbocycles. The number of carbonyl (C=O) groups is 1. The van der Waals surface area contributed by atoms with Gasteiger partial charge in [0, 0.05) is 24.2 Å². The number of rotatable bonds is 5. The van der Waals surface area contributed by atoms with E-state index in [-0.39, 0.29) is 5.91 Å². The molecule has 0 radical (unpaired) electrons. The molecule has 0 bridgehead atoms. The third-order valence-electron chi connectivity index (χ3n) is 2.95. The standard InChI is InChI=1S/C15H17BrN2OS/c1-2-7-18(9-11-3-5-13(17)6-4-11)15(19)12-8-14(16)20-10-12/h3-6,8,10H,2,7,9,17H2,1H3. The van der Waals surface area contributed by atoms with Crippen molar-refractivity contribution in [2.75, 3.05) is 12.3 Å². The average molecular weight is 353 g/mol. The number of anilines is 1. The van der Waals surface area contributed by atoms with Gasteiger partial charge in [-0.2, -0.15) is 0 Å². The summed E-state index contributed by atoms with van der Waals surface area (Å²) in [7, 11) is 0. The maximum Gasteiger partial charge on any atom is 0.255 e. The molecule has 0 unspecified atom stereocenters. The van der Waals surface area contributed by atoms with Gasteiger partial charge in [-0.3, -0.25) is 4.79 Å². The highest BCUT2D eigenvalue weighted by Crippen LogP contribution is 2.22. The van der Waals surface area contributed by atoms with Crippen molar-refractivity contribution in [2.24, 2.45) is 0 Å². The summed E-state index contributed by atoms with van der Waals surface area (Å²) in [4.78, 5) is 14.4. The number of nitrogens with two attached hydrogens (primary N) is 1. The lowest BCUT2D eigenvalue weighted by Gasteiger charge is -2.22. The van der Waals surface area contributed by atoms with Gasteiger partial charge in [0.05, 0.1) is 9.35 Å². The lowest BCUT2D eigenvalue weighted by molar-refractivity contribution is 0.0743. The van der Waals surface area contributed by atoms with Crippen LogP contribution in [0.3, 0.4) is 0 Å². The molecule has 1 aromatic heterocycles. The largest absolute Gasteiger partial charge is 0.399 e. The van der Waals surface area contributed by atoms with Gasteiger partial charge < -0.3 is 10.6 Å². The molecular weight excluding hydrogens is 336 g/mol. The Kier molecular flexibility index (Phi) is 5.20. The van der Waals surface area contributed by atoms with Crippen molar-refractivity contribution in [3.8, 4) is 0 Å². The fourth-order valence-corrected chi connectivity index (χ4v) is 3.10. The van der Waals surface area contributed by atoms with E-state index in [0.29, 0.717) is 6.54 Å². The van der Waals surface area contributed by atoms with Crippen LogP contribution in [-0.2, 0) is 6.54 Å². The Hall–Kier alpha value is -1.33. The van der Waals surface area contributed by atoms with Gasteiger partial charge >= 0.3 is 0 Å². The predicted molar refractivity (Wildman–Crippen MR) is 87.9 cm³/mol. The van der Waals surface area contributed by atoms with Crippen molar-refractivity contribution >= 4 is 38.9 Å². The number of thiophene rings is 1. The first-order chi connectivity index (χ1) is 9.60. The Labute approximate surface area is 131 Å². The highest BCUT2D eigenvalue weighted by molar-refractivity contribution is 9.11. The van der Waals surface area contributed by atoms with E-state index in [2.05, 4.69) is 22.9 Å². The molecule has 1 aromatic carbocycles. The van der Waals surface area contributed by atoms with E-state index in [4.69, 9.17) is 5.73 Å². The van der Waals surface area contributed by atoms with Crippen LogP contribution < -0.4 is 5.73 Å². The monoisotopic (exact) mass is 352 g/mol. The molecule has 1 heterocycles. The molecule has 0 aliphatic rings. The van der Waals surface area contributed by atoms with E-state index in [9.17, 15) is 4.79 Å². The molecule has 106 valence electrons. The Morgan fingerprint density at radius 3 is 2.60 bits per heavy atom. The second-order valence-electron chi connectivity index (χ2n) is 4.61. The number of hydrogen-bond acceptors (Lipinski definition) is 3. The van der Waals surface area contributed by atoms with Gasteiger partial charge in [-0.1, -0.05) is 19.1 Å². The maximum atomic E-state index is 12.5. The third-order valence-corrected chi connectivity index (χ3v) is 4.45. The molecule has 0 aliphatic heterocycles. The Morgan fingerprint density at radius 2 is 2.05 bits per heavy atom. The predicted octanol–water partition coefficient (Wildman–Crippen LogP) is 4.15. The first-order valence-electron chi connectivity index (χ1n) is 6.48. The van der Waals surface area contributed by atoms with Gasteiger partial charge in [0.25, 0.3) is 5.91 Å². The highest BCUT2D eigenvalue weighted by Gasteiger charge is 2.16. The molecule has 0 aliphatic carbocycles. The second kappa shape index (κ2) is 6.90. The summed E-state index contributed by atoms with van der Waals surface area (Å²) in [5.74, 6) is 0.0747. The Morgan fingerprint density at radius 1 is 1.35 bits per heavy atom. The maximum absolute atomic E-state index is 12.5. The van der Waals surface area contributed by atoms with Crippen LogP contribution >= 0.6 is 27.3 Å². The number of halogens is 1. The van der Waals surface area contributed by atoms with E-state index in [1.807, 2.05) is 40.6 Å². The van der Waals surface area contributed by atoms with E-state index in [1.165, 1.54) is 11.3 Å². The van der Waals surface area contributed by atoms with Gasteiger partial charge in [0.1, 0.15) is 0 Å². The normalized spacial score (nSPS) is 10.5. The van der Waals surface area contributed by atoms with Crippen LogP contribution in [0.4, 0.5) is 5.69 Å². The zero-order chi connectivity index (χ0) is 14.5. The lowest BCUT2D eigenvalue weighted by Crippen LogP contribution is -2.31. The molecule has 1 amide bonds. The summed E-state index contributed by atoms with van der Waals surface area (Å²) in [5, 5.41) is 1.89. The zero-order valence-electron chi connectivity index (χ0n) is 11.3. The Balaban J connectivity index is 2.14. The number of carbonyl (C=O) groups excluding carboxylic acids is 1. The van der Waals surface area contributed by atoms with Crippen LogP contribution in [0.25, 0.3) is 0 Å². The molecule has 2 rings (SSSR count). The number of hydrogen-bond donors (Lipinski definition) is 1. The second-order valence-corrected chi connectivity index (χ2v) is 6.90. The first-order valence-corrected chi connectivity index (χ1v) is 8.15. The summed E-state index contributed by atoms with van der Waals surface area (Å²) >= 11 is 4.93. The number of amides is 1.